The van der Waals surface area contributed by atoms with Crippen LogP contribution in [0, 0.1) is 5.41 Å². The number of aliphatic imine (C=N–C) groups is 1. The Morgan fingerprint density at radius 2 is 2.32 bits per heavy atom. The Labute approximate surface area is 120 Å². The summed E-state index contributed by atoms with van der Waals surface area (Å²) >= 11 is 1.83. The molecule has 0 aliphatic carbocycles. The summed E-state index contributed by atoms with van der Waals surface area (Å²) in [7, 11) is 0. The number of furan rings is 1. The molecule has 1 aromatic heterocycles. The fourth-order valence-electron chi connectivity index (χ4n) is 2.21. The molecular formula is C15H24N2OS. The maximum atomic E-state index is 5.38. The lowest BCUT2D eigenvalue weighted by Crippen LogP contribution is -2.37. The summed E-state index contributed by atoms with van der Waals surface area (Å²) < 4.78 is 5.38. The third-order valence-electron chi connectivity index (χ3n) is 3.36. The predicted molar refractivity (Wildman–Crippen MR) is 82.8 cm³/mol. The normalized spacial score (nSPS) is 21.9. The fourth-order valence-corrected chi connectivity index (χ4v) is 3.23. The van der Waals surface area contributed by atoms with E-state index in [0.717, 1.165) is 23.1 Å². The Balaban J connectivity index is 1.92. The van der Waals surface area contributed by atoms with Crippen molar-refractivity contribution in [3.63, 3.8) is 0 Å². The van der Waals surface area contributed by atoms with Gasteiger partial charge in [-0.05, 0) is 30.9 Å². The molecule has 1 N–H and O–H groups in total. The number of rotatable bonds is 3. The highest BCUT2D eigenvalue weighted by atomic mass is 32.2. The SMILES string of the molecule is CC(Cc1ccco1)NC1=NC(C(C)(C)C)CCS1. The molecule has 1 aromatic rings. The molecule has 0 amide bonds. The van der Waals surface area contributed by atoms with Crippen molar-refractivity contribution in [1.29, 1.82) is 0 Å². The van der Waals surface area contributed by atoms with Crippen molar-refractivity contribution in [2.75, 3.05) is 5.75 Å². The van der Waals surface area contributed by atoms with Crippen LogP contribution in [0.2, 0.25) is 0 Å². The predicted octanol–water partition coefficient (Wildman–Crippen LogP) is 3.71. The molecular weight excluding hydrogens is 256 g/mol. The molecule has 106 valence electrons. The first-order chi connectivity index (χ1) is 8.95. The number of amidine groups is 1. The number of hydrogen-bond acceptors (Lipinski definition) is 4. The highest BCUT2D eigenvalue weighted by molar-refractivity contribution is 8.13. The Kier molecular flexibility index (Phi) is 4.61. The number of hydrogen-bond donors (Lipinski definition) is 1. The van der Waals surface area contributed by atoms with E-state index in [9.17, 15) is 0 Å². The van der Waals surface area contributed by atoms with Crippen LogP contribution < -0.4 is 5.32 Å². The van der Waals surface area contributed by atoms with E-state index < -0.39 is 0 Å². The van der Waals surface area contributed by atoms with Crippen molar-refractivity contribution >= 4 is 16.9 Å². The summed E-state index contributed by atoms with van der Waals surface area (Å²) in [6.07, 6.45) is 3.79. The van der Waals surface area contributed by atoms with Crippen LogP contribution in [-0.2, 0) is 6.42 Å². The Bertz CT molecular complexity index is 420. The molecule has 0 saturated carbocycles. The number of nitrogens with zero attached hydrogens (tertiary/aromatic N) is 1. The summed E-state index contributed by atoms with van der Waals surface area (Å²) in [4.78, 5) is 4.86. The second-order valence-electron chi connectivity index (χ2n) is 6.28. The Hall–Kier alpha value is -0.900. The van der Waals surface area contributed by atoms with Gasteiger partial charge in [-0.15, -0.1) is 0 Å². The van der Waals surface area contributed by atoms with E-state index in [1.807, 2.05) is 23.9 Å². The molecule has 1 aliphatic rings. The van der Waals surface area contributed by atoms with Gasteiger partial charge in [0.2, 0.25) is 0 Å². The van der Waals surface area contributed by atoms with Crippen molar-refractivity contribution in [2.24, 2.45) is 10.4 Å². The molecule has 2 unspecified atom stereocenters. The van der Waals surface area contributed by atoms with Gasteiger partial charge in [-0.3, -0.25) is 4.99 Å². The zero-order valence-electron chi connectivity index (χ0n) is 12.3. The average Bonchev–Trinajstić information content (AvgIpc) is 2.80. The van der Waals surface area contributed by atoms with E-state index in [1.165, 1.54) is 6.42 Å². The van der Waals surface area contributed by atoms with Gasteiger partial charge in [0.1, 0.15) is 5.76 Å². The van der Waals surface area contributed by atoms with E-state index >= 15 is 0 Å². The second-order valence-corrected chi connectivity index (χ2v) is 7.37. The summed E-state index contributed by atoms with van der Waals surface area (Å²) in [5.41, 5.74) is 0.248. The van der Waals surface area contributed by atoms with Gasteiger partial charge >= 0.3 is 0 Å². The van der Waals surface area contributed by atoms with Crippen LogP contribution in [0.3, 0.4) is 0 Å². The highest BCUT2D eigenvalue weighted by Crippen LogP contribution is 2.30. The highest BCUT2D eigenvalue weighted by Gasteiger charge is 2.27. The smallest absolute Gasteiger partial charge is 0.157 e. The van der Waals surface area contributed by atoms with E-state index in [2.05, 4.69) is 33.0 Å². The monoisotopic (exact) mass is 280 g/mol. The lowest BCUT2D eigenvalue weighted by atomic mass is 9.85. The van der Waals surface area contributed by atoms with Crippen molar-refractivity contribution in [3.05, 3.63) is 24.2 Å². The minimum atomic E-state index is 0.248. The molecule has 2 heterocycles. The number of thioether (sulfide) groups is 1. The molecule has 0 saturated heterocycles. The van der Waals surface area contributed by atoms with E-state index in [4.69, 9.17) is 9.41 Å². The van der Waals surface area contributed by atoms with Gasteiger partial charge in [0, 0.05) is 18.2 Å². The Morgan fingerprint density at radius 1 is 1.53 bits per heavy atom. The van der Waals surface area contributed by atoms with Crippen LogP contribution in [-0.4, -0.2) is 23.0 Å². The molecule has 1 aliphatic heterocycles. The van der Waals surface area contributed by atoms with Gasteiger partial charge in [-0.1, -0.05) is 32.5 Å². The number of nitrogens with one attached hydrogen (secondary N) is 1. The van der Waals surface area contributed by atoms with Gasteiger partial charge in [-0.2, -0.15) is 0 Å². The van der Waals surface area contributed by atoms with Crippen LogP contribution in [0.5, 0.6) is 0 Å². The van der Waals surface area contributed by atoms with Crippen molar-refractivity contribution in [1.82, 2.24) is 5.32 Å². The molecule has 0 bridgehead atoms. The molecule has 0 radical (unpaired) electrons. The molecule has 2 atom stereocenters. The Morgan fingerprint density at radius 3 is 2.95 bits per heavy atom. The van der Waals surface area contributed by atoms with Gasteiger partial charge in [0.15, 0.2) is 5.17 Å². The molecule has 0 spiro atoms. The molecule has 2 rings (SSSR count). The van der Waals surface area contributed by atoms with Crippen LogP contribution in [0.25, 0.3) is 0 Å². The van der Waals surface area contributed by atoms with Crippen molar-refractivity contribution < 1.29 is 4.42 Å². The summed E-state index contributed by atoms with van der Waals surface area (Å²) in [6.45, 7) is 8.97. The molecule has 19 heavy (non-hydrogen) atoms. The van der Waals surface area contributed by atoms with Gasteiger partial charge in [0.25, 0.3) is 0 Å². The van der Waals surface area contributed by atoms with Crippen LogP contribution in [0.1, 0.15) is 39.9 Å². The van der Waals surface area contributed by atoms with Crippen LogP contribution >= 0.6 is 11.8 Å². The molecule has 0 fully saturated rings. The van der Waals surface area contributed by atoms with E-state index in [1.54, 1.807) is 6.26 Å². The van der Waals surface area contributed by atoms with Gasteiger partial charge < -0.3 is 9.73 Å². The van der Waals surface area contributed by atoms with E-state index in [-0.39, 0.29) is 5.41 Å². The van der Waals surface area contributed by atoms with Crippen LogP contribution in [0.4, 0.5) is 0 Å². The lowest BCUT2D eigenvalue weighted by molar-refractivity contribution is 0.315. The quantitative estimate of drug-likeness (QED) is 0.917. The molecule has 3 nitrogen and oxygen atoms in total. The maximum absolute atomic E-state index is 5.38. The van der Waals surface area contributed by atoms with Crippen LogP contribution in [0.15, 0.2) is 27.8 Å². The molecule has 4 heteroatoms. The third kappa shape index (κ3) is 4.30. The first-order valence-corrected chi connectivity index (χ1v) is 7.93. The largest absolute Gasteiger partial charge is 0.469 e. The zero-order chi connectivity index (χ0) is 13.9. The maximum Gasteiger partial charge on any atom is 0.157 e. The first-order valence-electron chi connectivity index (χ1n) is 6.94. The van der Waals surface area contributed by atoms with Gasteiger partial charge in [-0.25, -0.2) is 0 Å². The third-order valence-corrected chi connectivity index (χ3v) is 4.30. The summed E-state index contributed by atoms with van der Waals surface area (Å²) in [5, 5.41) is 4.60. The van der Waals surface area contributed by atoms with Gasteiger partial charge in [0.05, 0.1) is 12.3 Å². The fraction of sp³-hybridized carbons (Fsp3) is 0.667. The topological polar surface area (TPSA) is 37.5 Å². The summed E-state index contributed by atoms with van der Waals surface area (Å²) in [5.74, 6) is 2.18. The van der Waals surface area contributed by atoms with E-state index in [0.29, 0.717) is 12.1 Å². The van der Waals surface area contributed by atoms with Crippen molar-refractivity contribution in [3.8, 4) is 0 Å². The standard InChI is InChI=1S/C15H24N2OS/c1-11(10-12-6-5-8-18-12)16-14-17-13(7-9-19-14)15(2,3)4/h5-6,8,11,13H,7,9-10H2,1-4H3,(H,16,17). The minimum Gasteiger partial charge on any atom is -0.469 e. The minimum absolute atomic E-state index is 0.248. The second kappa shape index (κ2) is 6.04. The lowest BCUT2D eigenvalue weighted by Gasteiger charge is -2.31. The average molecular weight is 280 g/mol. The molecule has 0 aromatic carbocycles. The zero-order valence-corrected chi connectivity index (χ0v) is 13.1. The summed E-state index contributed by atoms with van der Waals surface area (Å²) in [6, 6.07) is 4.72. The first kappa shape index (κ1) is 14.5. The van der Waals surface area contributed by atoms with Crippen molar-refractivity contribution in [2.45, 2.75) is 52.6 Å².